The zero-order valence-corrected chi connectivity index (χ0v) is 14.1. The Balaban J connectivity index is 2.66. The van der Waals surface area contributed by atoms with Gasteiger partial charge in [0.25, 0.3) is 5.91 Å². The zero-order chi connectivity index (χ0) is 16.5. The van der Waals surface area contributed by atoms with Crippen LogP contribution in [0.5, 0.6) is 0 Å². The minimum Gasteiger partial charge on any atom is -0.350 e. The Morgan fingerprint density at radius 2 is 1.82 bits per heavy atom. The number of rotatable bonds is 8. The molecule has 0 bridgehead atoms. The van der Waals surface area contributed by atoms with Crippen molar-refractivity contribution >= 4 is 5.91 Å². The standard InChI is InChI=1S/C18H27N3O/c1-5-21(6-2)17(11-14(3)4)13-20-18(22)16-9-7-15(12-19)8-10-16/h7-10,14,17H,5-6,11,13H2,1-4H3,(H,20,22). The normalized spacial score (nSPS) is 12.2. The van der Waals surface area contributed by atoms with Gasteiger partial charge in [0.05, 0.1) is 11.6 Å². The Bertz CT molecular complexity index is 498. The summed E-state index contributed by atoms with van der Waals surface area (Å²) in [6.07, 6.45) is 1.06. The number of hydrogen-bond donors (Lipinski definition) is 1. The van der Waals surface area contributed by atoms with E-state index in [1.54, 1.807) is 24.3 Å². The van der Waals surface area contributed by atoms with Crippen LogP contribution in [0, 0.1) is 17.2 Å². The van der Waals surface area contributed by atoms with E-state index in [1.165, 1.54) is 0 Å². The third-order valence-electron chi connectivity index (χ3n) is 3.85. The summed E-state index contributed by atoms with van der Waals surface area (Å²) < 4.78 is 0. The first-order valence-electron chi connectivity index (χ1n) is 8.04. The maximum atomic E-state index is 12.2. The minimum atomic E-state index is -0.0783. The molecule has 0 spiro atoms. The predicted molar refractivity (Wildman–Crippen MR) is 89.7 cm³/mol. The first-order chi connectivity index (χ1) is 10.5. The van der Waals surface area contributed by atoms with E-state index in [0.29, 0.717) is 29.6 Å². The molecule has 120 valence electrons. The van der Waals surface area contributed by atoms with Crippen molar-refractivity contribution in [3.8, 4) is 6.07 Å². The van der Waals surface area contributed by atoms with Crippen molar-refractivity contribution in [1.29, 1.82) is 5.26 Å². The fourth-order valence-electron chi connectivity index (χ4n) is 2.65. The molecule has 0 aliphatic carbocycles. The van der Waals surface area contributed by atoms with Crippen molar-refractivity contribution in [2.75, 3.05) is 19.6 Å². The smallest absolute Gasteiger partial charge is 0.251 e. The first-order valence-corrected chi connectivity index (χ1v) is 8.04. The van der Waals surface area contributed by atoms with Crippen LogP contribution in [0.25, 0.3) is 0 Å². The summed E-state index contributed by atoms with van der Waals surface area (Å²) in [5.41, 5.74) is 1.17. The number of amides is 1. The van der Waals surface area contributed by atoms with Crippen LogP contribution in [0.15, 0.2) is 24.3 Å². The van der Waals surface area contributed by atoms with Gasteiger partial charge in [-0.2, -0.15) is 5.26 Å². The maximum absolute atomic E-state index is 12.2. The molecule has 1 amide bonds. The zero-order valence-electron chi connectivity index (χ0n) is 14.1. The van der Waals surface area contributed by atoms with Crippen LogP contribution in [0.1, 0.15) is 50.0 Å². The lowest BCUT2D eigenvalue weighted by atomic mass is 10.0. The van der Waals surface area contributed by atoms with Crippen LogP contribution in [-0.2, 0) is 0 Å². The van der Waals surface area contributed by atoms with Gasteiger partial charge in [-0.3, -0.25) is 9.69 Å². The molecule has 0 aromatic heterocycles. The average Bonchev–Trinajstić information content (AvgIpc) is 2.52. The van der Waals surface area contributed by atoms with Gasteiger partial charge in [-0.05, 0) is 49.7 Å². The van der Waals surface area contributed by atoms with Crippen LogP contribution >= 0.6 is 0 Å². The summed E-state index contributed by atoms with van der Waals surface area (Å²) >= 11 is 0. The number of hydrogen-bond acceptors (Lipinski definition) is 3. The van der Waals surface area contributed by atoms with Crippen molar-refractivity contribution in [3.05, 3.63) is 35.4 Å². The lowest BCUT2D eigenvalue weighted by Crippen LogP contribution is -2.44. The topological polar surface area (TPSA) is 56.1 Å². The van der Waals surface area contributed by atoms with Crippen molar-refractivity contribution in [2.45, 2.75) is 40.2 Å². The summed E-state index contributed by atoms with van der Waals surface area (Å²) in [4.78, 5) is 14.6. The Kier molecular flexibility index (Phi) is 7.62. The van der Waals surface area contributed by atoms with Gasteiger partial charge in [-0.1, -0.05) is 27.7 Å². The summed E-state index contributed by atoms with van der Waals surface area (Å²) in [5, 5.41) is 11.8. The molecule has 4 heteroatoms. The van der Waals surface area contributed by atoms with Gasteiger partial charge >= 0.3 is 0 Å². The van der Waals surface area contributed by atoms with Gasteiger partial charge in [-0.15, -0.1) is 0 Å². The summed E-state index contributed by atoms with van der Waals surface area (Å²) in [6, 6.07) is 9.15. The Hall–Kier alpha value is -1.86. The predicted octanol–water partition coefficient (Wildman–Crippen LogP) is 3.04. The Morgan fingerprint density at radius 3 is 2.27 bits per heavy atom. The highest BCUT2D eigenvalue weighted by atomic mass is 16.1. The lowest BCUT2D eigenvalue weighted by molar-refractivity contribution is 0.0929. The van der Waals surface area contributed by atoms with Gasteiger partial charge in [0.15, 0.2) is 0 Å². The Morgan fingerprint density at radius 1 is 1.23 bits per heavy atom. The van der Waals surface area contributed by atoms with E-state index in [-0.39, 0.29) is 5.91 Å². The molecule has 1 aromatic carbocycles. The van der Waals surface area contributed by atoms with Crippen molar-refractivity contribution in [3.63, 3.8) is 0 Å². The highest BCUT2D eigenvalue weighted by molar-refractivity contribution is 5.94. The average molecular weight is 301 g/mol. The lowest BCUT2D eigenvalue weighted by Gasteiger charge is -2.31. The van der Waals surface area contributed by atoms with Crippen LogP contribution in [0.3, 0.4) is 0 Å². The molecule has 0 aliphatic heterocycles. The molecule has 4 nitrogen and oxygen atoms in total. The van der Waals surface area contributed by atoms with Gasteiger partial charge in [0.1, 0.15) is 0 Å². The van der Waals surface area contributed by atoms with Gasteiger partial charge in [0, 0.05) is 18.2 Å². The molecular formula is C18H27N3O. The van der Waals surface area contributed by atoms with Gasteiger partial charge < -0.3 is 5.32 Å². The molecular weight excluding hydrogens is 274 g/mol. The van der Waals surface area contributed by atoms with Crippen LogP contribution < -0.4 is 5.32 Å². The van der Waals surface area contributed by atoms with Crippen LogP contribution in [0.4, 0.5) is 0 Å². The molecule has 1 atom stereocenters. The van der Waals surface area contributed by atoms with E-state index >= 15 is 0 Å². The number of carbonyl (C=O) groups is 1. The maximum Gasteiger partial charge on any atom is 0.251 e. The highest BCUT2D eigenvalue weighted by Crippen LogP contribution is 2.11. The van der Waals surface area contributed by atoms with E-state index in [2.05, 4.69) is 44.0 Å². The van der Waals surface area contributed by atoms with Gasteiger partial charge in [-0.25, -0.2) is 0 Å². The van der Waals surface area contributed by atoms with E-state index < -0.39 is 0 Å². The molecule has 1 unspecified atom stereocenters. The summed E-state index contributed by atoms with van der Waals surface area (Å²) in [7, 11) is 0. The number of nitrogens with one attached hydrogen (secondary N) is 1. The van der Waals surface area contributed by atoms with E-state index in [4.69, 9.17) is 5.26 Å². The molecule has 1 rings (SSSR count). The molecule has 22 heavy (non-hydrogen) atoms. The molecule has 0 saturated heterocycles. The fraction of sp³-hybridized carbons (Fsp3) is 0.556. The van der Waals surface area contributed by atoms with Gasteiger partial charge in [0.2, 0.25) is 0 Å². The fourth-order valence-corrected chi connectivity index (χ4v) is 2.65. The van der Waals surface area contributed by atoms with E-state index in [9.17, 15) is 4.79 Å². The third kappa shape index (κ3) is 5.50. The molecule has 0 saturated carbocycles. The molecule has 0 fully saturated rings. The van der Waals surface area contributed by atoms with Crippen molar-refractivity contribution in [2.24, 2.45) is 5.92 Å². The third-order valence-corrected chi connectivity index (χ3v) is 3.85. The van der Waals surface area contributed by atoms with E-state index in [1.807, 2.05) is 0 Å². The number of benzene rings is 1. The summed E-state index contributed by atoms with van der Waals surface area (Å²) in [6.45, 7) is 11.3. The molecule has 0 radical (unpaired) electrons. The van der Waals surface area contributed by atoms with Crippen LogP contribution in [0.2, 0.25) is 0 Å². The number of nitriles is 1. The highest BCUT2D eigenvalue weighted by Gasteiger charge is 2.18. The minimum absolute atomic E-state index is 0.0783. The molecule has 0 aliphatic rings. The second-order valence-corrected chi connectivity index (χ2v) is 5.90. The number of likely N-dealkylation sites (N-methyl/N-ethyl adjacent to an activating group) is 1. The largest absolute Gasteiger partial charge is 0.350 e. The molecule has 0 heterocycles. The molecule has 1 N–H and O–H groups in total. The van der Waals surface area contributed by atoms with Crippen molar-refractivity contribution in [1.82, 2.24) is 10.2 Å². The van der Waals surface area contributed by atoms with Crippen LogP contribution in [-0.4, -0.2) is 36.5 Å². The summed E-state index contributed by atoms with van der Waals surface area (Å²) in [5.74, 6) is 0.516. The van der Waals surface area contributed by atoms with E-state index in [0.717, 1.165) is 19.5 Å². The second-order valence-electron chi connectivity index (χ2n) is 5.90. The van der Waals surface area contributed by atoms with Crippen molar-refractivity contribution < 1.29 is 4.79 Å². The SMILES string of the molecule is CCN(CC)C(CNC(=O)c1ccc(C#N)cc1)CC(C)C. The monoisotopic (exact) mass is 301 g/mol. The number of carbonyl (C=O) groups excluding carboxylic acids is 1. The second kappa shape index (κ2) is 9.22. The molecule has 1 aromatic rings. The quantitative estimate of drug-likeness (QED) is 0.803. The number of nitrogens with zero attached hydrogens (tertiary/aromatic N) is 2. The first kappa shape index (κ1) is 18.2. The Labute approximate surface area is 134 Å².